The number of hydrogen-bond donors (Lipinski definition) is 2. The third-order valence-electron chi connectivity index (χ3n) is 4.93. The zero-order valence-electron chi connectivity index (χ0n) is 11.1. The Hall–Kier alpha value is -1.42. The molecule has 2 aliphatic rings. The molecule has 1 heterocycles. The highest BCUT2D eigenvalue weighted by Gasteiger charge is 2.50. The standard InChI is InChI=1S/C15H21N3O/c16-12-6-3-8-15(12)9-4-7-13(15)18-14(19)11-5-1-2-10-17-11/h1-2,5,10,12-13H,3-4,6-9,16H2,(H,18,19)/t12-,13-,15-/m0/s1. The molecule has 102 valence electrons. The molecule has 19 heavy (non-hydrogen) atoms. The first-order valence-corrected chi connectivity index (χ1v) is 7.20. The van der Waals surface area contributed by atoms with Gasteiger partial charge in [-0.25, -0.2) is 0 Å². The molecule has 2 fully saturated rings. The first-order valence-electron chi connectivity index (χ1n) is 7.20. The molecular formula is C15H21N3O. The first kappa shape index (κ1) is 12.6. The fourth-order valence-electron chi connectivity index (χ4n) is 3.91. The van der Waals surface area contributed by atoms with Crippen LogP contribution in [0, 0.1) is 5.41 Å². The summed E-state index contributed by atoms with van der Waals surface area (Å²) in [7, 11) is 0. The van der Waals surface area contributed by atoms with E-state index in [0.717, 1.165) is 25.7 Å². The molecular weight excluding hydrogens is 238 g/mol. The van der Waals surface area contributed by atoms with Crippen LogP contribution in [0.3, 0.4) is 0 Å². The van der Waals surface area contributed by atoms with Crippen molar-refractivity contribution < 1.29 is 4.79 Å². The fraction of sp³-hybridized carbons (Fsp3) is 0.600. The van der Waals surface area contributed by atoms with Gasteiger partial charge in [0.15, 0.2) is 0 Å². The monoisotopic (exact) mass is 259 g/mol. The summed E-state index contributed by atoms with van der Waals surface area (Å²) in [6.45, 7) is 0. The predicted molar refractivity (Wildman–Crippen MR) is 73.6 cm³/mol. The second kappa shape index (κ2) is 4.93. The normalized spacial score (nSPS) is 33.7. The van der Waals surface area contributed by atoms with Crippen molar-refractivity contribution in [1.29, 1.82) is 0 Å². The minimum absolute atomic E-state index is 0.0639. The Morgan fingerprint density at radius 1 is 1.32 bits per heavy atom. The van der Waals surface area contributed by atoms with Crippen LogP contribution in [0.1, 0.15) is 49.0 Å². The highest BCUT2D eigenvalue weighted by atomic mass is 16.1. The fourth-order valence-corrected chi connectivity index (χ4v) is 3.91. The molecule has 0 saturated heterocycles. The topological polar surface area (TPSA) is 68.0 Å². The van der Waals surface area contributed by atoms with E-state index in [1.165, 1.54) is 12.8 Å². The lowest BCUT2D eigenvalue weighted by atomic mass is 9.77. The number of carbonyl (C=O) groups is 1. The summed E-state index contributed by atoms with van der Waals surface area (Å²) in [6.07, 6.45) is 8.46. The average molecular weight is 259 g/mol. The van der Waals surface area contributed by atoms with Crippen molar-refractivity contribution in [3.8, 4) is 0 Å². The molecule has 0 unspecified atom stereocenters. The molecule has 1 spiro atoms. The maximum atomic E-state index is 12.2. The second-order valence-electron chi connectivity index (χ2n) is 5.87. The van der Waals surface area contributed by atoms with Gasteiger partial charge in [-0.15, -0.1) is 0 Å². The molecule has 0 bridgehead atoms. The van der Waals surface area contributed by atoms with Gasteiger partial charge in [0.05, 0.1) is 0 Å². The van der Waals surface area contributed by atoms with Gasteiger partial charge < -0.3 is 11.1 Å². The van der Waals surface area contributed by atoms with Crippen LogP contribution in [0.5, 0.6) is 0 Å². The van der Waals surface area contributed by atoms with Gasteiger partial charge in [0.1, 0.15) is 5.69 Å². The molecule has 0 radical (unpaired) electrons. The minimum atomic E-state index is -0.0639. The quantitative estimate of drug-likeness (QED) is 0.852. The van der Waals surface area contributed by atoms with Crippen molar-refractivity contribution in [2.45, 2.75) is 50.6 Å². The summed E-state index contributed by atoms with van der Waals surface area (Å²) >= 11 is 0. The molecule has 3 atom stereocenters. The van der Waals surface area contributed by atoms with Crippen molar-refractivity contribution in [1.82, 2.24) is 10.3 Å². The second-order valence-corrected chi connectivity index (χ2v) is 5.87. The van der Waals surface area contributed by atoms with E-state index in [4.69, 9.17) is 5.73 Å². The van der Waals surface area contributed by atoms with Crippen LogP contribution in [0.15, 0.2) is 24.4 Å². The maximum Gasteiger partial charge on any atom is 0.270 e. The Balaban J connectivity index is 1.74. The van der Waals surface area contributed by atoms with E-state index in [2.05, 4.69) is 10.3 Å². The molecule has 3 rings (SSSR count). The Morgan fingerprint density at radius 3 is 2.74 bits per heavy atom. The average Bonchev–Trinajstić information content (AvgIpc) is 3.00. The Labute approximate surface area is 113 Å². The highest BCUT2D eigenvalue weighted by Crippen LogP contribution is 2.49. The number of carbonyl (C=O) groups excluding carboxylic acids is 1. The lowest BCUT2D eigenvalue weighted by Gasteiger charge is -2.35. The number of nitrogens with one attached hydrogen (secondary N) is 1. The first-order chi connectivity index (χ1) is 9.22. The molecule has 2 saturated carbocycles. The summed E-state index contributed by atoms with van der Waals surface area (Å²) in [4.78, 5) is 16.3. The summed E-state index contributed by atoms with van der Waals surface area (Å²) < 4.78 is 0. The number of nitrogens with two attached hydrogens (primary N) is 1. The summed E-state index contributed by atoms with van der Waals surface area (Å²) in [5, 5.41) is 3.18. The van der Waals surface area contributed by atoms with E-state index in [1.54, 1.807) is 12.3 Å². The van der Waals surface area contributed by atoms with Gasteiger partial charge in [0, 0.05) is 23.7 Å². The predicted octanol–water partition coefficient (Wildman–Crippen LogP) is 1.86. The number of rotatable bonds is 2. The summed E-state index contributed by atoms with van der Waals surface area (Å²) in [5.41, 5.74) is 6.95. The van der Waals surface area contributed by atoms with Gasteiger partial charge >= 0.3 is 0 Å². The van der Waals surface area contributed by atoms with Crippen LogP contribution in [0.2, 0.25) is 0 Å². The van der Waals surface area contributed by atoms with Crippen LogP contribution in [-0.2, 0) is 0 Å². The number of aromatic nitrogens is 1. The van der Waals surface area contributed by atoms with E-state index in [-0.39, 0.29) is 23.4 Å². The molecule has 4 heteroatoms. The van der Waals surface area contributed by atoms with Crippen LogP contribution >= 0.6 is 0 Å². The van der Waals surface area contributed by atoms with Gasteiger partial charge in [0.2, 0.25) is 0 Å². The van der Waals surface area contributed by atoms with Crippen LogP contribution < -0.4 is 11.1 Å². The van der Waals surface area contributed by atoms with Crippen LogP contribution in [0.4, 0.5) is 0 Å². The summed E-state index contributed by atoms with van der Waals surface area (Å²) in [6, 6.07) is 5.88. The van der Waals surface area contributed by atoms with E-state index >= 15 is 0 Å². The van der Waals surface area contributed by atoms with Crippen molar-refractivity contribution in [3.63, 3.8) is 0 Å². The van der Waals surface area contributed by atoms with Gasteiger partial charge in [-0.2, -0.15) is 0 Å². The van der Waals surface area contributed by atoms with E-state index in [9.17, 15) is 4.79 Å². The van der Waals surface area contributed by atoms with E-state index in [1.807, 2.05) is 12.1 Å². The van der Waals surface area contributed by atoms with Gasteiger partial charge in [0.25, 0.3) is 5.91 Å². The Morgan fingerprint density at radius 2 is 2.11 bits per heavy atom. The third kappa shape index (κ3) is 2.14. The van der Waals surface area contributed by atoms with Gasteiger partial charge in [-0.3, -0.25) is 9.78 Å². The molecule has 0 aromatic carbocycles. The molecule has 3 N–H and O–H groups in total. The SMILES string of the molecule is N[C@H]1CCC[C@]12CCC[C@@H]2NC(=O)c1ccccn1. The molecule has 4 nitrogen and oxygen atoms in total. The smallest absolute Gasteiger partial charge is 0.270 e. The maximum absolute atomic E-state index is 12.2. The number of hydrogen-bond acceptors (Lipinski definition) is 3. The van der Waals surface area contributed by atoms with E-state index < -0.39 is 0 Å². The lowest BCUT2D eigenvalue weighted by Crippen LogP contribution is -2.51. The molecule has 0 aliphatic heterocycles. The van der Waals surface area contributed by atoms with Gasteiger partial charge in [-0.05, 0) is 37.8 Å². The number of amides is 1. The minimum Gasteiger partial charge on any atom is -0.347 e. The molecule has 1 aromatic rings. The van der Waals surface area contributed by atoms with Crippen LogP contribution in [-0.4, -0.2) is 23.0 Å². The Kier molecular flexibility index (Phi) is 3.27. The summed E-state index contributed by atoms with van der Waals surface area (Å²) in [5.74, 6) is -0.0639. The zero-order chi connectivity index (χ0) is 13.3. The Bertz CT molecular complexity index is 458. The van der Waals surface area contributed by atoms with E-state index in [0.29, 0.717) is 5.69 Å². The molecule has 1 aromatic heterocycles. The number of nitrogens with zero attached hydrogens (tertiary/aromatic N) is 1. The molecule has 2 aliphatic carbocycles. The van der Waals surface area contributed by atoms with Crippen molar-refractivity contribution >= 4 is 5.91 Å². The highest BCUT2D eigenvalue weighted by molar-refractivity contribution is 5.92. The third-order valence-corrected chi connectivity index (χ3v) is 4.93. The van der Waals surface area contributed by atoms with Crippen molar-refractivity contribution in [2.24, 2.45) is 11.1 Å². The largest absolute Gasteiger partial charge is 0.347 e. The van der Waals surface area contributed by atoms with Crippen LogP contribution in [0.25, 0.3) is 0 Å². The van der Waals surface area contributed by atoms with Crippen molar-refractivity contribution in [3.05, 3.63) is 30.1 Å². The van der Waals surface area contributed by atoms with Crippen molar-refractivity contribution in [2.75, 3.05) is 0 Å². The number of pyridine rings is 1. The lowest BCUT2D eigenvalue weighted by molar-refractivity contribution is 0.0884. The zero-order valence-corrected chi connectivity index (χ0v) is 11.1. The van der Waals surface area contributed by atoms with Gasteiger partial charge in [-0.1, -0.05) is 18.9 Å². The molecule has 1 amide bonds.